The molecular weight excluding hydrogens is 368 g/mol. The Bertz CT molecular complexity index is 922. The van der Waals surface area contributed by atoms with Crippen LogP contribution in [0, 0.1) is 12.8 Å². The quantitative estimate of drug-likeness (QED) is 0.539. The Labute approximate surface area is 171 Å². The van der Waals surface area contributed by atoms with E-state index in [1.807, 2.05) is 43.3 Å². The van der Waals surface area contributed by atoms with Crippen LogP contribution in [0.1, 0.15) is 36.0 Å². The number of aryl methyl sites for hydroxylation is 1. The van der Waals surface area contributed by atoms with Crippen LogP contribution in [0.15, 0.2) is 48.5 Å². The molecule has 2 aromatic rings. The van der Waals surface area contributed by atoms with Crippen molar-refractivity contribution in [3.8, 4) is 11.5 Å². The highest BCUT2D eigenvalue weighted by atomic mass is 16.5. The summed E-state index contributed by atoms with van der Waals surface area (Å²) in [7, 11) is 3.18. The van der Waals surface area contributed by atoms with Crippen molar-refractivity contribution in [2.24, 2.45) is 5.92 Å². The highest BCUT2D eigenvalue weighted by Gasteiger charge is 2.40. The Morgan fingerprint density at radius 1 is 1.07 bits per heavy atom. The maximum absolute atomic E-state index is 13.1. The van der Waals surface area contributed by atoms with E-state index < -0.39 is 11.9 Å². The number of rotatable bonds is 6. The molecule has 0 saturated carbocycles. The minimum Gasteiger partial charge on any atom is -0.497 e. The third-order valence-electron chi connectivity index (χ3n) is 5.32. The van der Waals surface area contributed by atoms with E-state index in [9.17, 15) is 9.59 Å². The average Bonchev–Trinajstić information content (AvgIpc) is 2.73. The lowest BCUT2D eigenvalue weighted by molar-refractivity contribution is -0.151. The highest BCUT2D eigenvalue weighted by Crippen LogP contribution is 2.42. The van der Waals surface area contributed by atoms with E-state index in [1.165, 1.54) is 0 Å². The zero-order valence-corrected chi connectivity index (χ0v) is 17.2. The number of ketones is 1. The molecule has 0 heterocycles. The van der Waals surface area contributed by atoms with E-state index in [4.69, 9.17) is 14.2 Å². The Balaban J connectivity index is 2.08. The summed E-state index contributed by atoms with van der Waals surface area (Å²) in [4.78, 5) is 25.7. The van der Waals surface area contributed by atoms with Gasteiger partial charge in [-0.05, 0) is 60.7 Å². The van der Waals surface area contributed by atoms with Gasteiger partial charge in [-0.2, -0.15) is 0 Å². The fourth-order valence-electron chi connectivity index (χ4n) is 3.87. The van der Waals surface area contributed by atoms with Crippen molar-refractivity contribution in [1.29, 1.82) is 0 Å². The van der Waals surface area contributed by atoms with Crippen molar-refractivity contribution in [3.05, 3.63) is 65.2 Å². The molecule has 2 aromatic carbocycles. The number of hydrogen-bond donors (Lipinski definition) is 0. The number of carbonyl (C=O) groups excluding carboxylic acids is 2. The Hall–Kier alpha value is -3.08. The van der Waals surface area contributed by atoms with E-state index in [-0.39, 0.29) is 18.3 Å². The van der Waals surface area contributed by atoms with E-state index in [0.717, 1.165) is 22.3 Å². The molecule has 5 nitrogen and oxygen atoms in total. The molecular formula is C24H26O5. The predicted molar refractivity (Wildman–Crippen MR) is 111 cm³/mol. The van der Waals surface area contributed by atoms with Gasteiger partial charge in [-0.15, -0.1) is 0 Å². The molecule has 0 spiro atoms. The van der Waals surface area contributed by atoms with Crippen LogP contribution in [0.5, 0.6) is 11.5 Å². The Morgan fingerprint density at radius 3 is 2.31 bits per heavy atom. The lowest BCUT2D eigenvalue weighted by Crippen LogP contribution is -2.34. The first-order valence-corrected chi connectivity index (χ1v) is 9.68. The summed E-state index contributed by atoms with van der Waals surface area (Å²) in [6.07, 6.45) is 2.10. The lowest BCUT2D eigenvalue weighted by atomic mass is 9.72. The summed E-state index contributed by atoms with van der Waals surface area (Å²) < 4.78 is 16.0. The van der Waals surface area contributed by atoms with E-state index in [1.54, 1.807) is 33.3 Å². The van der Waals surface area contributed by atoms with Crippen molar-refractivity contribution in [2.45, 2.75) is 26.2 Å². The molecule has 0 saturated heterocycles. The minimum atomic E-state index is -0.840. The summed E-state index contributed by atoms with van der Waals surface area (Å²) in [5, 5.41) is 0. The molecule has 0 radical (unpaired) electrons. The zero-order chi connectivity index (χ0) is 21.0. The molecule has 0 unspecified atom stereocenters. The van der Waals surface area contributed by atoms with Gasteiger partial charge in [0.25, 0.3) is 0 Å². The molecule has 152 valence electrons. The maximum Gasteiger partial charge on any atom is 0.317 e. The molecule has 0 aromatic heterocycles. The van der Waals surface area contributed by atoms with Gasteiger partial charge in [0.1, 0.15) is 17.4 Å². The summed E-state index contributed by atoms with van der Waals surface area (Å²) in [5.41, 5.74) is 3.72. The SMILES string of the molecule is CCOC(=O)[C@@H]1C(=O)C=C(c2cc(OC)cc(OC)c2)C[C@@H]1c1ccccc1C. The number of methoxy groups -OCH3 is 2. The normalized spacial score (nSPS) is 18.8. The zero-order valence-electron chi connectivity index (χ0n) is 17.2. The van der Waals surface area contributed by atoms with Crippen LogP contribution >= 0.6 is 0 Å². The standard InChI is InChI=1S/C24H26O5/c1-5-29-24(26)23-21(20-9-7-6-8-15(20)2)12-17(13-22(23)25)16-10-18(27-3)14-19(11-16)28-4/h6-11,13-14,21,23H,5,12H2,1-4H3/t21-,23+/m1/s1. The topological polar surface area (TPSA) is 61.8 Å². The molecule has 2 atom stereocenters. The van der Waals surface area contributed by atoms with Crippen molar-refractivity contribution >= 4 is 17.3 Å². The minimum absolute atomic E-state index is 0.236. The van der Waals surface area contributed by atoms with Crippen LogP contribution in [0.25, 0.3) is 5.57 Å². The van der Waals surface area contributed by atoms with Crippen LogP contribution < -0.4 is 9.47 Å². The van der Waals surface area contributed by atoms with E-state index in [2.05, 4.69) is 0 Å². The van der Waals surface area contributed by atoms with Gasteiger partial charge in [0.15, 0.2) is 5.78 Å². The van der Waals surface area contributed by atoms with Crippen LogP contribution in [0.3, 0.4) is 0 Å². The predicted octanol–water partition coefficient (Wildman–Crippen LogP) is 4.33. The molecule has 0 fully saturated rings. The molecule has 29 heavy (non-hydrogen) atoms. The number of ether oxygens (including phenoxy) is 3. The second-order valence-corrected chi connectivity index (χ2v) is 7.07. The van der Waals surface area contributed by atoms with E-state index >= 15 is 0 Å². The summed E-state index contributed by atoms with van der Waals surface area (Å²) >= 11 is 0. The maximum atomic E-state index is 13.1. The van der Waals surface area contributed by atoms with Gasteiger partial charge in [0.2, 0.25) is 0 Å². The molecule has 0 amide bonds. The van der Waals surface area contributed by atoms with Gasteiger partial charge in [0.05, 0.1) is 20.8 Å². The van der Waals surface area contributed by atoms with Gasteiger partial charge >= 0.3 is 5.97 Å². The molecule has 3 rings (SSSR count). The molecule has 0 N–H and O–H groups in total. The first kappa shape index (κ1) is 20.6. The summed E-state index contributed by atoms with van der Waals surface area (Å²) in [5.74, 6) is -0.545. The van der Waals surface area contributed by atoms with Gasteiger partial charge < -0.3 is 14.2 Å². The molecule has 0 aliphatic heterocycles. The second-order valence-electron chi connectivity index (χ2n) is 7.07. The van der Waals surface area contributed by atoms with Gasteiger partial charge in [-0.3, -0.25) is 9.59 Å². The van der Waals surface area contributed by atoms with Gasteiger partial charge in [-0.1, -0.05) is 24.3 Å². The molecule has 5 heteroatoms. The summed E-state index contributed by atoms with van der Waals surface area (Å²) in [6, 6.07) is 13.4. The first-order chi connectivity index (χ1) is 14.0. The van der Waals surface area contributed by atoms with E-state index in [0.29, 0.717) is 17.9 Å². The third kappa shape index (κ3) is 4.34. The number of allylic oxidation sites excluding steroid dienone is 2. The molecule has 1 aliphatic rings. The fraction of sp³-hybridized carbons (Fsp3) is 0.333. The second kappa shape index (κ2) is 8.95. The van der Waals surface area contributed by atoms with Crippen molar-refractivity contribution in [1.82, 2.24) is 0 Å². The third-order valence-corrected chi connectivity index (χ3v) is 5.32. The molecule has 1 aliphatic carbocycles. The van der Waals surface area contributed by atoms with Gasteiger partial charge in [-0.25, -0.2) is 0 Å². The summed E-state index contributed by atoms with van der Waals surface area (Å²) in [6.45, 7) is 3.99. The highest BCUT2D eigenvalue weighted by molar-refractivity contribution is 6.10. The van der Waals surface area contributed by atoms with Gasteiger partial charge in [0, 0.05) is 12.0 Å². The van der Waals surface area contributed by atoms with Crippen LogP contribution in [-0.2, 0) is 14.3 Å². The Morgan fingerprint density at radius 2 is 1.72 bits per heavy atom. The number of hydrogen-bond acceptors (Lipinski definition) is 5. The average molecular weight is 394 g/mol. The van der Waals surface area contributed by atoms with Crippen molar-refractivity contribution in [2.75, 3.05) is 20.8 Å². The largest absolute Gasteiger partial charge is 0.497 e. The smallest absolute Gasteiger partial charge is 0.317 e. The Kier molecular flexibility index (Phi) is 6.37. The first-order valence-electron chi connectivity index (χ1n) is 9.68. The number of esters is 1. The van der Waals surface area contributed by atoms with Crippen molar-refractivity contribution < 1.29 is 23.8 Å². The van der Waals surface area contributed by atoms with Crippen molar-refractivity contribution in [3.63, 3.8) is 0 Å². The monoisotopic (exact) mass is 394 g/mol. The lowest BCUT2D eigenvalue weighted by Gasteiger charge is -2.30. The van der Waals surface area contributed by atoms with Crippen LogP contribution in [-0.4, -0.2) is 32.6 Å². The number of carbonyl (C=O) groups is 2. The molecule has 0 bridgehead atoms. The fourth-order valence-corrected chi connectivity index (χ4v) is 3.87. The van der Waals surface area contributed by atoms with Crippen LogP contribution in [0.4, 0.5) is 0 Å². The van der Waals surface area contributed by atoms with Crippen LogP contribution in [0.2, 0.25) is 0 Å². The number of benzene rings is 2.